The number of aromatic nitrogens is 10. The van der Waals surface area contributed by atoms with E-state index in [0.29, 0.717) is 22.4 Å². The average molecular weight is 2010 g/mol. The van der Waals surface area contributed by atoms with Gasteiger partial charge in [0.15, 0.2) is 29.1 Å². The van der Waals surface area contributed by atoms with Crippen molar-refractivity contribution in [1.29, 1.82) is 0 Å². The van der Waals surface area contributed by atoms with Crippen LogP contribution in [0.25, 0.3) is 201 Å². The summed E-state index contributed by atoms with van der Waals surface area (Å²) < 4.78 is 45.4. The Morgan fingerprint density at radius 3 is 0.786 bits per heavy atom. The van der Waals surface area contributed by atoms with Gasteiger partial charge in [0.05, 0.1) is 62.9 Å². The van der Waals surface area contributed by atoms with Gasteiger partial charge in [-0.25, -0.2) is 49.8 Å². The highest BCUT2D eigenvalue weighted by atomic mass is 79.9. The average Bonchev–Trinajstić information content (AvgIpc) is 0.756. The van der Waals surface area contributed by atoms with Crippen molar-refractivity contribution in [2.45, 2.75) is 0 Å². The molecule has 131 heavy (non-hydrogen) atoms. The van der Waals surface area contributed by atoms with Crippen LogP contribution in [0.4, 0.5) is 0 Å². The molecule has 0 amide bonds. The van der Waals surface area contributed by atoms with Crippen LogP contribution in [0.5, 0.6) is 0 Å². The van der Waals surface area contributed by atoms with E-state index in [0.717, 1.165) is 162 Å². The minimum absolute atomic E-state index is 0.0702. The van der Waals surface area contributed by atoms with Gasteiger partial charge in [0, 0.05) is 105 Å². The fourth-order valence-corrected chi connectivity index (χ4v) is 17.5. The lowest BCUT2D eigenvalue weighted by atomic mass is 9.99. The van der Waals surface area contributed by atoms with E-state index in [1.165, 1.54) is 33.0 Å². The van der Waals surface area contributed by atoms with Crippen molar-refractivity contribution in [2.75, 3.05) is 0 Å². The summed E-state index contributed by atoms with van der Waals surface area (Å²) in [6.07, 6.45) is 0. The van der Waals surface area contributed by atoms with E-state index >= 15 is 0 Å². The third kappa shape index (κ3) is 20.1. The molecule has 0 aliphatic rings. The number of rotatable bonds is 12. The molecule has 0 atom stereocenters. The summed E-state index contributed by atoms with van der Waals surface area (Å²) in [6.45, 7) is 0. The molecule has 5 heterocycles. The van der Waals surface area contributed by atoms with E-state index < -0.39 is 6.04 Å². The van der Waals surface area contributed by atoms with E-state index in [1.54, 1.807) is 6.07 Å². The lowest BCUT2D eigenvalue weighted by Gasteiger charge is -2.11. The molecule has 0 fully saturated rings. The molecule has 0 saturated carbocycles. The second-order valence-electron chi connectivity index (χ2n) is 30.4. The number of fused-ring (bicyclic) bond motifs is 6. The van der Waals surface area contributed by atoms with E-state index in [4.69, 9.17) is 46.7 Å². The van der Waals surface area contributed by atoms with Crippen LogP contribution < -0.4 is 0 Å². The van der Waals surface area contributed by atoms with Crippen LogP contribution in [0.15, 0.2) is 477 Å². The highest BCUT2D eigenvalue weighted by Crippen LogP contribution is 2.40. The fourth-order valence-electron chi connectivity index (χ4n) is 15.5. The number of nitrogens with zero attached hydrogens (tertiary/aromatic N) is 10. The molecular formula is C116H75Br5N10. The summed E-state index contributed by atoms with van der Waals surface area (Å²) in [4.78, 5) is 48.2. The van der Waals surface area contributed by atoms with Gasteiger partial charge >= 0.3 is 0 Å². The first-order valence-electron chi connectivity index (χ1n) is 44.6. The largest absolute Gasteiger partial charge is 0.228 e. The molecule has 0 unspecified atom stereocenters. The predicted molar refractivity (Wildman–Crippen MR) is 559 cm³/mol. The summed E-state index contributed by atoms with van der Waals surface area (Å²) >= 11 is 17.6. The summed E-state index contributed by atoms with van der Waals surface area (Å²) in [5, 5.41) is 7.27. The highest BCUT2D eigenvalue weighted by molar-refractivity contribution is 9.11. The molecule has 0 N–H and O–H groups in total. The molecule has 624 valence electrons. The molecule has 0 saturated heterocycles. The van der Waals surface area contributed by atoms with Crippen molar-refractivity contribution in [3.63, 3.8) is 0 Å². The van der Waals surface area contributed by atoms with E-state index in [1.807, 2.05) is 237 Å². The van der Waals surface area contributed by atoms with E-state index in [-0.39, 0.29) is 29.7 Å². The van der Waals surface area contributed by atoms with Crippen LogP contribution in [0.3, 0.4) is 0 Å². The second kappa shape index (κ2) is 40.3. The lowest BCUT2D eigenvalue weighted by Crippen LogP contribution is -1.95. The van der Waals surface area contributed by atoms with Crippen LogP contribution in [0.1, 0.15) is 6.85 Å². The van der Waals surface area contributed by atoms with E-state index in [2.05, 4.69) is 272 Å². The van der Waals surface area contributed by atoms with Crippen molar-refractivity contribution in [3.05, 3.63) is 477 Å². The van der Waals surface area contributed by atoms with Gasteiger partial charge in [-0.05, 0) is 130 Å². The quantitative estimate of drug-likeness (QED) is 0.117. The maximum atomic E-state index is 8.32. The number of benzene rings is 18. The Morgan fingerprint density at radius 1 is 0.160 bits per heavy atom. The summed E-state index contributed by atoms with van der Waals surface area (Å²) in [7, 11) is 0. The standard InChI is InChI=1S/2C26H17BrN2.C24H15BrN2.2C20H13BrN2/c27-22-13-7-12-21(17-22)26-28-24-15-5-4-14-23(24)25(29-26)20-11-6-10-19(16-20)18-8-2-1-3-9-18;27-22-10-6-9-21(17-22)26-28-24-12-5-4-11-23(24)25(29-26)20-15-13-19(14-16-20)18-7-2-1-3-8-18;25-18-10-5-9-17(15-18)24-26-22-14-4-3-12-21(22)23(27-24)20-13-6-8-16-7-1-2-11-19(16)20;2*21-16-10-6-9-15(13-16)20-22-18-12-5-4-11-17(18)19(23-20)14-7-2-1-3-8-14/h2*1-17H;1-15H;2*1-13H/i;;;1D,2D,3D,7D,8D;. The molecule has 23 rings (SSSR count). The first kappa shape index (κ1) is 79.7. The lowest BCUT2D eigenvalue weighted by molar-refractivity contribution is 1.23. The summed E-state index contributed by atoms with van der Waals surface area (Å²) in [5.41, 5.74) is 22.5. The molecule has 18 aromatic carbocycles. The van der Waals surface area contributed by atoms with Gasteiger partial charge in [-0.1, -0.05) is 437 Å². The Kier molecular flexibility index (Phi) is 24.5. The number of hydrogen-bond acceptors (Lipinski definition) is 10. The van der Waals surface area contributed by atoms with Crippen molar-refractivity contribution >= 4 is 145 Å². The smallest absolute Gasteiger partial charge is 0.160 e. The van der Waals surface area contributed by atoms with Crippen LogP contribution in [0.2, 0.25) is 0 Å². The molecule has 0 aliphatic carbocycles. The zero-order valence-electron chi connectivity index (χ0n) is 74.8. The zero-order chi connectivity index (χ0) is 93.1. The SMILES string of the molecule is Brc1cccc(-c2nc(-c3ccc(-c4ccccc4)cc3)c3ccccc3n2)c1.Brc1cccc(-c2nc(-c3cccc(-c4ccccc4)c3)c3ccccc3n2)c1.Brc1cccc(-c2nc(-c3cccc4ccccc34)c3ccccc3n2)c1.Brc1cccc(-c2nc(-c3ccccc3)c3ccccc3n2)c1.[2H]c1c([2H])c([2H])c(-c2nc(-c3cccc(Br)c3)nc3ccccc23)c([2H])c1[2H]. The Labute approximate surface area is 807 Å². The highest BCUT2D eigenvalue weighted by Gasteiger charge is 2.20. The van der Waals surface area contributed by atoms with Gasteiger partial charge in [-0.15, -0.1) is 0 Å². The van der Waals surface area contributed by atoms with Gasteiger partial charge in [0.2, 0.25) is 0 Å². The van der Waals surface area contributed by atoms with Gasteiger partial charge in [-0.2, -0.15) is 0 Å². The molecular weight excluding hydrogens is 1930 g/mol. The van der Waals surface area contributed by atoms with Gasteiger partial charge in [0.1, 0.15) is 0 Å². The third-order valence-corrected chi connectivity index (χ3v) is 24.2. The summed E-state index contributed by atoms with van der Waals surface area (Å²) in [6, 6.07) is 141. The number of para-hydroxylation sites is 5. The van der Waals surface area contributed by atoms with Crippen LogP contribution >= 0.6 is 79.6 Å². The molecule has 0 aliphatic heterocycles. The first-order chi connectivity index (χ1) is 66.5. The second-order valence-corrected chi connectivity index (χ2v) is 35.0. The summed E-state index contributed by atoms with van der Waals surface area (Å²) in [5.74, 6) is 3.35. The Hall–Kier alpha value is -14.7. The molecule has 15 heteroatoms. The maximum absolute atomic E-state index is 8.32. The Morgan fingerprint density at radius 2 is 0.405 bits per heavy atom. The van der Waals surface area contributed by atoms with Gasteiger partial charge in [0.25, 0.3) is 0 Å². The van der Waals surface area contributed by atoms with Crippen LogP contribution in [-0.4, -0.2) is 49.8 Å². The van der Waals surface area contributed by atoms with Crippen LogP contribution in [0, 0.1) is 0 Å². The van der Waals surface area contributed by atoms with Crippen molar-refractivity contribution in [1.82, 2.24) is 49.8 Å². The Bertz CT molecular complexity index is 8370. The molecule has 10 nitrogen and oxygen atoms in total. The van der Waals surface area contributed by atoms with Gasteiger partial charge < -0.3 is 0 Å². The number of hydrogen-bond donors (Lipinski definition) is 0. The number of halogens is 5. The minimum Gasteiger partial charge on any atom is -0.228 e. The maximum Gasteiger partial charge on any atom is 0.160 e. The van der Waals surface area contributed by atoms with Crippen molar-refractivity contribution in [2.24, 2.45) is 0 Å². The van der Waals surface area contributed by atoms with Gasteiger partial charge in [-0.3, -0.25) is 0 Å². The molecule has 0 radical (unpaired) electrons. The van der Waals surface area contributed by atoms with Crippen molar-refractivity contribution in [3.8, 4) is 135 Å². The monoisotopic (exact) mass is 2010 g/mol. The molecule has 0 spiro atoms. The minimum atomic E-state index is -0.427. The molecule has 23 aromatic rings. The predicted octanol–water partition coefficient (Wildman–Crippen LogP) is 33.1. The van der Waals surface area contributed by atoms with Crippen LogP contribution in [-0.2, 0) is 0 Å². The van der Waals surface area contributed by atoms with Crippen molar-refractivity contribution < 1.29 is 6.85 Å². The topological polar surface area (TPSA) is 129 Å². The fraction of sp³-hybridized carbons (Fsp3) is 0. The molecule has 5 aromatic heterocycles. The normalized spacial score (nSPS) is 11.5. The third-order valence-electron chi connectivity index (χ3n) is 21.8. The molecule has 0 bridgehead atoms. The van der Waals surface area contributed by atoms with E-state index in [9.17, 15) is 0 Å². The zero-order valence-corrected chi connectivity index (χ0v) is 77.7. The first-order valence-corrected chi connectivity index (χ1v) is 46.1. The Balaban J connectivity index is 0.000000109.